The number of pyridine rings is 3. The summed E-state index contributed by atoms with van der Waals surface area (Å²) in [5, 5.41) is 3.31. The van der Waals surface area contributed by atoms with Crippen molar-refractivity contribution in [3.8, 4) is 22.3 Å². The average Bonchev–Trinajstić information content (AvgIpc) is 3.56. The molecule has 4 heterocycles. The van der Waals surface area contributed by atoms with Gasteiger partial charge in [-0.3, -0.25) is 14.4 Å². The van der Waals surface area contributed by atoms with Crippen molar-refractivity contribution in [3.05, 3.63) is 108 Å². The number of hydrogen-bond acceptors (Lipinski definition) is 3. The Morgan fingerprint density at radius 3 is 2.26 bits per heavy atom. The third-order valence-corrected chi connectivity index (χ3v) is 7.96. The van der Waals surface area contributed by atoms with Crippen molar-refractivity contribution in [1.29, 1.82) is 0 Å². The van der Waals surface area contributed by atoms with Crippen LogP contribution in [0.1, 0.15) is 22.3 Å². The molecule has 0 atom stereocenters. The van der Waals surface area contributed by atoms with Crippen LogP contribution < -0.4 is 0 Å². The molecule has 0 N–H and O–H groups in total. The Balaban J connectivity index is 1.37. The summed E-state index contributed by atoms with van der Waals surface area (Å²) >= 11 is 0. The van der Waals surface area contributed by atoms with Gasteiger partial charge in [0.25, 0.3) is 0 Å². The smallest absolute Gasteiger partial charge is 0.147 e. The summed E-state index contributed by atoms with van der Waals surface area (Å²) in [6, 6.07) is 22.5. The molecule has 0 saturated carbocycles. The summed E-state index contributed by atoms with van der Waals surface area (Å²) in [5.41, 5.74) is 15.4. The van der Waals surface area contributed by atoms with Crippen molar-refractivity contribution in [3.63, 3.8) is 0 Å². The summed E-state index contributed by atoms with van der Waals surface area (Å²) in [4.78, 5) is 14.0. The van der Waals surface area contributed by atoms with E-state index in [0.29, 0.717) is 0 Å². The molecule has 3 aromatic carbocycles. The molecule has 4 heteroatoms. The van der Waals surface area contributed by atoms with Gasteiger partial charge in [-0.2, -0.15) is 0 Å². The SMILES string of the molecule is c1ccc2c(c1)Cc1cc3c(cc1-2)-c1cc2c(cc1C3)nc1c3cnccc3c3cnccc3n21. The van der Waals surface area contributed by atoms with Crippen molar-refractivity contribution in [2.75, 3.05) is 0 Å². The Labute approximate surface area is 200 Å². The third kappa shape index (κ3) is 2.20. The Morgan fingerprint density at radius 1 is 0.571 bits per heavy atom. The molecule has 0 aliphatic heterocycles. The molecule has 0 saturated heterocycles. The Hall–Kier alpha value is -4.57. The first-order valence-electron chi connectivity index (χ1n) is 12.0. The van der Waals surface area contributed by atoms with Crippen molar-refractivity contribution in [2.24, 2.45) is 0 Å². The number of benzene rings is 3. The second kappa shape index (κ2) is 6.10. The Morgan fingerprint density at radius 2 is 1.31 bits per heavy atom. The number of hydrogen-bond donors (Lipinski definition) is 0. The summed E-state index contributed by atoms with van der Waals surface area (Å²) < 4.78 is 2.29. The second-order valence-electron chi connectivity index (χ2n) is 9.76. The summed E-state index contributed by atoms with van der Waals surface area (Å²) in [6.07, 6.45) is 9.58. The molecule has 0 fully saturated rings. The van der Waals surface area contributed by atoms with Crippen molar-refractivity contribution < 1.29 is 0 Å². The molecule has 35 heavy (non-hydrogen) atoms. The monoisotopic (exact) mass is 446 g/mol. The van der Waals surface area contributed by atoms with E-state index in [1.54, 1.807) is 0 Å². The maximum Gasteiger partial charge on any atom is 0.147 e. The highest BCUT2D eigenvalue weighted by Crippen LogP contribution is 2.46. The minimum absolute atomic E-state index is 0.952. The maximum atomic E-state index is 5.13. The van der Waals surface area contributed by atoms with Gasteiger partial charge >= 0.3 is 0 Å². The van der Waals surface area contributed by atoms with E-state index in [1.165, 1.54) is 44.5 Å². The maximum absolute atomic E-state index is 5.13. The molecular weight excluding hydrogens is 428 g/mol. The van der Waals surface area contributed by atoms with Crippen LogP contribution in [0.3, 0.4) is 0 Å². The Bertz CT molecular complexity index is 2070. The molecule has 0 spiro atoms. The molecule has 0 unspecified atom stereocenters. The van der Waals surface area contributed by atoms with Gasteiger partial charge in [0.05, 0.1) is 16.6 Å². The molecule has 9 rings (SSSR count). The van der Waals surface area contributed by atoms with E-state index in [2.05, 4.69) is 75.0 Å². The molecule has 2 aliphatic rings. The topological polar surface area (TPSA) is 43.1 Å². The first-order valence-corrected chi connectivity index (χ1v) is 12.0. The lowest BCUT2D eigenvalue weighted by Gasteiger charge is -2.09. The molecular formula is C31H18N4. The minimum atomic E-state index is 0.952. The summed E-state index contributed by atoms with van der Waals surface area (Å²) in [7, 11) is 0. The normalized spacial score (nSPS) is 13.5. The number of fused-ring (bicyclic) bond motifs is 14. The fourth-order valence-electron chi connectivity index (χ4n) is 6.42. The van der Waals surface area contributed by atoms with Gasteiger partial charge in [-0.1, -0.05) is 30.3 Å². The highest BCUT2D eigenvalue weighted by atomic mass is 15.0. The van der Waals surface area contributed by atoms with Crippen LogP contribution in [0.25, 0.3) is 60.6 Å². The predicted molar refractivity (Wildman–Crippen MR) is 140 cm³/mol. The zero-order valence-electron chi connectivity index (χ0n) is 18.8. The largest absolute Gasteiger partial charge is 0.292 e. The van der Waals surface area contributed by atoms with Crippen LogP contribution in [0.4, 0.5) is 0 Å². The van der Waals surface area contributed by atoms with E-state index < -0.39 is 0 Å². The van der Waals surface area contributed by atoms with Crippen LogP contribution in [-0.2, 0) is 12.8 Å². The van der Waals surface area contributed by atoms with Crippen LogP contribution in [0.5, 0.6) is 0 Å². The standard InChI is InChI=1S/C31H18N4/c1-2-4-21-17(3-1)9-18-10-19-11-20-12-28-30(14-25(20)24(19)13-23(18)21)35-29-6-8-33-15-26(29)22-5-7-32-16-27(22)31(35)34-28/h1-8,10,12-16H,9,11H2. The number of aromatic nitrogens is 4. The van der Waals surface area contributed by atoms with Crippen LogP contribution in [0.2, 0.25) is 0 Å². The van der Waals surface area contributed by atoms with Crippen molar-refractivity contribution in [1.82, 2.24) is 19.4 Å². The van der Waals surface area contributed by atoms with E-state index in [9.17, 15) is 0 Å². The van der Waals surface area contributed by atoms with Gasteiger partial charge in [-0.15, -0.1) is 0 Å². The minimum Gasteiger partial charge on any atom is -0.292 e. The highest BCUT2D eigenvalue weighted by molar-refractivity contribution is 6.13. The van der Waals surface area contributed by atoms with Crippen molar-refractivity contribution >= 4 is 38.4 Å². The van der Waals surface area contributed by atoms with Crippen LogP contribution in [-0.4, -0.2) is 19.4 Å². The molecule has 0 amide bonds. The molecule has 7 aromatic rings. The molecule has 4 nitrogen and oxygen atoms in total. The first-order chi connectivity index (χ1) is 17.3. The predicted octanol–water partition coefficient (Wildman–Crippen LogP) is 6.73. The second-order valence-corrected chi connectivity index (χ2v) is 9.76. The van der Waals surface area contributed by atoms with E-state index in [4.69, 9.17) is 4.98 Å². The van der Waals surface area contributed by atoms with Crippen molar-refractivity contribution in [2.45, 2.75) is 12.8 Å². The van der Waals surface area contributed by atoms with Crippen LogP contribution >= 0.6 is 0 Å². The van der Waals surface area contributed by atoms with E-state index in [0.717, 1.165) is 51.2 Å². The lowest BCUT2D eigenvalue weighted by atomic mass is 9.98. The van der Waals surface area contributed by atoms with Crippen LogP contribution in [0, 0.1) is 0 Å². The summed E-state index contributed by atoms with van der Waals surface area (Å²) in [5.74, 6) is 0. The van der Waals surface area contributed by atoms with Gasteiger partial charge < -0.3 is 0 Å². The first kappa shape index (κ1) is 17.8. The Kier molecular flexibility index (Phi) is 3.11. The number of imidazole rings is 1. The molecule has 4 aromatic heterocycles. The quantitative estimate of drug-likeness (QED) is 0.243. The van der Waals surface area contributed by atoms with Gasteiger partial charge in [0.15, 0.2) is 0 Å². The highest BCUT2D eigenvalue weighted by Gasteiger charge is 2.26. The zero-order valence-corrected chi connectivity index (χ0v) is 18.8. The molecule has 0 bridgehead atoms. The fourth-order valence-corrected chi connectivity index (χ4v) is 6.42. The average molecular weight is 447 g/mol. The van der Waals surface area contributed by atoms with Gasteiger partial charge in [-0.05, 0) is 93.1 Å². The summed E-state index contributed by atoms with van der Waals surface area (Å²) in [6.45, 7) is 0. The van der Waals surface area contributed by atoms with E-state index in [1.807, 2.05) is 24.8 Å². The van der Waals surface area contributed by atoms with Gasteiger partial charge in [0.2, 0.25) is 0 Å². The fraction of sp³-hybridized carbons (Fsp3) is 0.0645. The zero-order chi connectivity index (χ0) is 22.7. The van der Waals surface area contributed by atoms with E-state index in [-0.39, 0.29) is 0 Å². The molecule has 2 aliphatic carbocycles. The molecule has 162 valence electrons. The lowest BCUT2D eigenvalue weighted by Crippen LogP contribution is -1.92. The van der Waals surface area contributed by atoms with Gasteiger partial charge in [0, 0.05) is 35.6 Å². The van der Waals surface area contributed by atoms with Gasteiger partial charge in [0.1, 0.15) is 5.65 Å². The van der Waals surface area contributed by atoms with E-state index >= 15 is 0 Å². The lowest BCUT2D eigenvalue weighted by molar-refractivity contribution is 1.21. The van der Waals surface area contributed by atoms with Crippen LogP contribution in [0.15, 0.2) is 85.5 Å². The van der Waals surface area contributed by atoms with Gasteiger partial charge in [-0.25, -0.2) is 4.98 Å². The molecule has 0 radical (unpaired) electrons. The number of rotatable bonds is 0. The third-order valence-electron chi connectivity index (χ3n) is 7.96. The number of nitrogens with zero attached hydrogens (tertiary/aromatic N) is 4.